The Labute approximate surface area is 140 Å². The average molecular weight is 324 g/mol. The minimum atomic E-state index is -0.501. The number of rotatable bonds is 9. The molecule has 0 saturated carbocycles. The molecule has 2 atom stereocenters. The van der Waals surface area contributed by atoms with Crippen LogP contribution in [0.4, 0.5) is 10.5 Å². The van der Waals surface area contributed by atoms with Crippen molar-refractivity contribution in [1.29, 1.82) is 0 Å². The number of anilines is 1. The fourth-order valence-electron chi connectivity index (χ4n) is 2.98. The van der Waals surface area contributed by atoms with Crippen molar-refractivity contribution in [2.75, 3.05) is 5.32 Å². The number of para-hydroxylation sites is 1. The Kier molecular flexibility index (Phi) is 8.55. The zero-order valence-corrected chi connectivity index (χ0v) is 15.2. The quantitative estimate of drug-likeness (QED) is 0.383. The van der Waals surface area contributed by atoms with Crippen LogP contribution in [0.5, 0.6) is 0 Å². The fourth-order valence-corrected chi connectivity index (χ4v) is 3.08. The summed E-state index contributed by atoms with van der Waals surface area (Å²) < 4.78 is 0. The third kappa shape index (κ3) is 5.64. The van der Waals surface area contributed by atoms with Crippen molar-refractivity contribution in [3.05, 3.63) is 29.3 Å². The summed E-state index contributed by atoms with van der Waals surface area (Å²) in [6, 6.07) is 6.36. The molecule has 0 bridgehead atoms. The molecular formula is C19H30ClNO. The first-order valence-electron chi connectivity index (χ1n) is 8.60. The highest BCUT2D eigenvalue weighted by Crippen LogP contribution is 2.36. The predicted molar refractivity (Wildman–Crippen MR) is 97.2 cm³/mol. The molecule has 2 nitrogen and oxygen atoms in total. The van der Waals surface area contributed by atoms with E-state index in [2.05, 4.69) is 51.2 Å². The molecule has 124 valence electrons. The smallest absolute Gasteiger partial charge is 0.312 e. The Bertz CT molecular complexity index is 440. The number of unbranched alkanes of at least 4 members (excludes halogenated alkanes) is 2. The van der Waals surface area contributed by atoms with Gasteiger partial charge >= 0.3 is 5.37 Å². The normalized spacial score (nSPS) is 13.7. The molecule has 22 heavy (non-hydrogen) atoms. The lowest BCUT2D eigenvalue weighted by atomic mass is 9.87. The molecule has 0 fully saturated rings. The van der Waals surface area contributed by atoms with E-state index in [1.807, 2.05) is 0 Å². The number of nitrogens with one attached hydrogen (secondary N) is 1. The van der Waals surface area contributed by atoms with Gasteiger partial charge in [0.2, 0.25) is 0 Å². The molecule has 1 amide bonds. The first-order valence-corrected chi connectivity index (χ1v) is 8.98. The van der Waals surface area contributed by atoms with Crippen LogP contribution in [0.15, 0.2) is 18.2 Å². The summed E-state index contributed by atoms with van der Waals surface area (Å²) in [5, 5.41) is 2.38. The number of carbonyl (C=O) groups is 1. The highest BCUT2D eigenvalue weighted by atomic mass is 35.5. The Hall–Kier alpha value is -1.02. The fraction of sp³-hybridized carbons (Fsp3) is 0.632. The molecule has 1 aromatic rings. The highest BCUT2D eigenvalue weighted by Gasteiger charge is 2.18. The molecule has 0 saturated heterocycles. The van der Waals surface area contributed by atoms with Gasteiger partial charge in [-0.3, -0.25) is 4.79 Å². The molecule has 0 aliphatic rings. The van der Waals surface area contributed by atoms with Crippen molar-refractivity contribution < 1.29 is 4.79 Å². The second-order valence-electron chi connectivity index (χ2n) is 6.30. The Morgan fingerprint density at radius 1 is 1.05 bits per heavy atom. The molecule has 0 spiro atoms. The minimum Gasteiger partial charge on any atom is -0.312 e. The average Bonchev–Trinajstić information content (AvgIpc) is 2.49. The molecule has 0 aliphatic heterocycles. The van der Waals surface area contributed by atoms with Gasteiger partial charge in [0.25, 0.3) is 0 Å². The van der Waals surface area contributed by atoms with Gasteiger partial charge in [-0.05, 0) is 47.4 Å². The van der Waals surface area contributed by atoms with Crippen molar-refractivity contribution in [3.63, 3.8) is 0 Å². The van der Waals surface area contributed by atoms with Gasteiger partial charge in [-0.2, -0.15) is 0 Å². The summed E-state index contributed by atoms with van der Waals surface area (Å²) in [4.78, 5) is 11.4. The number of amides is 1. The van der Waals surface area contributed by atoms with E-state index in [4.69, 9.17) is 11.6 Å². The van der Waals surface area contributed by atoms with Gasteiger partial charge in [-0.1, -0.05) is 71.6 Å². The molecule has 0 radical (unpaired) electrons. The van der Waals surface area contributed by atoms with E-state index in [1.54, 1.807) is 0 Å². The second-order valence-corrected chi connectivity index (χ2v) is 6.64. The van der Waals surface area contributed by atoms with Gasteiger partial charge in [0, 0.05) is 5.69 Å². The maximum Gasteiger partial charge on any atom is 0.318 e. The summed E-state index contributed by atoms with van der Waals surface area (Å²) >= 11 is 5.62. The third-order valence-corrected chi connectivity index (χ3v) is 4.49. The van der Waals surface area contributed by atoms with E-state index >= 15 is 0 Å². The summed E-state index contributed by atoms with van der Waals surface area (Å²) in [6.45, 7) is 8.87. The van der Waals surface area contributed by atoms with Crippen LogP contribution in [-0.4, -0.2) is 5.37 Å². The number of benzene rings is 1. The Morgan fingerprint density at radius 3 is 1.86 bits per heavy atom. The van der Waals surface area contributed by atoms with Gasteiger partial charge in [0.1, 0.15) is 0 Å². The van der Waals surface area contributed by atoms with Crippen LogP contribution in [0.1, 0.15) is 89.2 Å². The lowest BCUT2D eigenvalue weighted by Gasteiger charge is -2.22. The van der Waals surface area contributed by atoms with Crippen molar-refractivity contribution in [2.24, 2.45) is 0 Å². The summed E-state index contributed by atoms with van der Waals surface area (Å²) in [5.41, 5.74) is 3.36. The molecule has 0 aromatic heterocycles. The van der Waals surface area contributed by atoms with Gasteiger partial charge in [-0.15, -0.1) is 0 Å². The maximum atomic E-state index is 11.4. The first kappa shape index (κ1) is 19.0. The van der Waals surface area contributed by atoms with E-state index in [0.717, 1.165) is 18.5 Å². The van der Waals surface area contributed by atoms with Crippen LogP contribution in [-0.2, 0) is 0 Å². The summed E-state index contributed by atoms with van der Waals surface area (Å²) in [5.74, 6) is 0.855. The molecule has 2 unspecified atom stereocenters. The third-order valence-electron chi connectivity index (χ3n) is 4.40. The minimum absolute atomic E-state index is 0.428. The monoisotopic (exact) mass is 323 g/mol. The molecule has 3 heteroatoms. The lowest BCUT2D eigenvalue weighted by Crippen LogP contribution is -2.11. The van der Waals surface area contributed by atoms with Gasteiger partial charge in [-0.25, -0.2) is 0 Å². The zero-order chi connectivity index (χ0) is 16.5. The van der Waals surface area contributed by atoms with E-state index in [-0.39, 0.29) is 0 Å². The molecule has 1 rings (SSSR count). The van der Waals surface area contributed by atoms with E-state index in [0.29, 0.717) is 11.8 Å². The Balaban J connectivity index is 3.12. The van der Waals surface area contributed by atoms with E-state index in [1.165, 1.54) is 36.8 Å². The van der Waals surface area contributed by atoms with Crippen LogP contribution in [0.25, 0.3) is 0 Å². The van der Waals surface area contributed by atoms with Crippen LogP contribution in [0.3, 0.4) is 0 Å². The SMILES string of the molecule is CCCCC(C)c1cccc(C(C)CCCC)c1NC(=O)Cl. The molecule has 1 N–H and O–H groups in total. The molecular weight excluding hydrogens is 294 g/mol. The Morgan fingerprint density at radius 2 is 1.50 bits per heavy atom. The lowest BCUT2D eigenvalue weighted by molar-refractivity contribution is 0.269. The standard InChI is InChI=1S/C19H30ClNO/c1-5-7-10-14(3)16-12-9-13-17(15(4)11-8-6-2)18(16)21-19(20)22/h9,12-15H,5-8,10-11H2,1-4H3,(H,21,22). The molecule has 1 aromatic carbocycles. The van der Waals surface area contributed by atoms with Gasteiger partial charge < -0.3 is 5.32 Å². The topological polar surface area (TPSA) is 29.1 Å². The van der Waals surface area contributed by atoms with Crippen LogP contribution < -0.4 is 5.32 Å². The van der Waals surface area contributed by atoms with Crippen LogP contribution >= 0.6 is 11.6 Å². The molecule has 0 aliphatic carbocycles. The highest BCUT2D eigenvalue weighted by molar-refractivity contribution is 6.65. The van der Waals surface area contributed by atoms with Crippen molar-refractivity contribution in [1.82, 2.24) is 0 Å². The second kappa shape index (κ2) is 9.89. The number of carbonyl (C=O) groups excluding carboxylic acids is 1. The number of hydrogen-bond donors (Lipinski definition) is 1. The van der Waals surface area contributed by atoms with Crippen LogP contribution in [0.2, 0.25) is 0 Å². The first-order chi connectivity index (χ1) is 10.5. The van der Waals surface area contributed by atoms with Crippen molar-refractivity contribution >= 4 is 22.7 Å². The van der Waals surface area contributed by atoms with Gasteiger partial charge in [0.15, 0.2) is 0 Å². The number of halogens is 1. The maximum absolute atomic E-state index is 11.4. The predicted octanol–water partition coefficient (Wildman–Crippen LogP) is 7.04. The van der Waals surface area contributed by atoms with E-state index in [9.17, 15) is 4.79 Å². The van der Waals surface area contributed by atoms with E-state index < -0.39 is 5.37 Å². The largest absolute Gasteiger partial charge is 0.318 e. The van der Waals surface area contributed by atoms with Crippen LogP contribution in [0, 0.1) is 0 Å². The summed E-state index contributed by atoms with van der Waals surface area (Å²) in [7, 11) is 0. The van der Waals surface area contributed by atoms with Crippen molar-refractivity contribution in [3.8, 4) is 0 Å². The van der Waals surface area contributed by atoms with Crippen molar-refractivity contribution in [2.45, 2.75) is 78.1 Å². The zero-order valence-electron chi connectivity index (χ0n) is 14.4. The molecule has 0 heterocycles. The van der Waals surface area contributed by atoms with Gasteiger partial charge in [0.05, 0.1) is 0 Å². The summed E-state index contributed by atoms with van der Waals surface area (Å²) in [6.07, 6.45) is 7.04. The number of hydrogen-bond acceptors (Lipinski definition) is 1.